The highest BCUT2D eigenvalue weighted by Gasteiger charge is 2.52. The molecule has 0 radical (unpaired) electrons. The Bertz CT molecular complexity index is 1350. The lowest BCUT2D eigenvalue weighted by Crippen LogP contribution is -2.50. The molecule has 2 aromatic heterocycles. The molecule has 1 aliphatic carbocycles. The third-order valence-corrected chi connectivity index (χ3v) is 7.60. The monoisotopic (exact) mass is 492 g/mol. The summed E-state index contributed by atoms with van der Waals surface area (Å²) in [6.45, 7) is 5.98. The minimum Gasteiger partial charge on any atom is -0.492 e. The Hall–Kier alpha value is -3.59. The zero-order valence-electron chi connectivity index (χ0n) is 20.5. The summed E-state index contributed by atoms with van der Waals surface area (Å²) in [6, 6.07) is 6.51. The summed E-state index contributed by atoms with van der Waals surface area (Å²) in [5.41, 5.74) is 3.77. The number of nitrogens with one attached hydrogen (secondary N) is 3. The number of aromatic amines is 1. The average molecular weight is 493 g/mol. The van der Waals surface area contributed by atoms with Crippen LogP contribution in [0.5, 0.6) is 11.5 Å². The van der Waals surface area contributed by atoms with Gasteiger partial charge in [0, 0.05) is 34.8 Å². The standard InChI is InChI=1S/C27H29FN4O4/c1-26(2)14-36-19(26)12-35-18-11-29-10-7-15(18)21-22(31-17-6-4-5-16(28)23(17)34-3)20-24(32-21)27(8-9-27)13-30-25(20)33/h4-7,10-11,19,31-32H,8-9,12-14H2,1-3H3,(H,30,33). The SMILES string of the molecule is COc1c(F)cccc1Nc1c(-c2ccncc2OCC2OCC2(C)C)[nH]c2c1C(=O)NCC21CC1. The van der Waals surface area contributed by atoms with Crippen LogP contribution in [0, 0.1) is 11.2 Å². The summed E-state index contributed by atoms with van der Waals surface area (Å²) in [5.74, 6) is -0.0233. The fourth-order valence-corrected chi connectivity index (χ4v) is 5.08. The van der Waals surface area contributed by atoms with Gasteiger partial charge in [-0.15, -0.1) is 0 Å². The van der Waals surface area contributed by atoms with Gasteiger partial charge >= 0.3 is 0 Å². The number of fused-ring (bicyclic) bond motifs is 2. The summed E-state index contributed by atoms with van der Waals surface area (Å²) in [5, 5.41) is 6.34. The average Bonchev–Trinajstić information content (AvgIpc) is 3.54. The highest BCUT2D eigenvalue weighted by molar-refractivity contribution is 6.07. The number of halogens is 1. The first-order valence-corrected chi connectivity index (χ1v) is 12.2. The van der Waals surface area contributed by atoms with Crippen molar-refractivity contribution in [2.45, 2.75) is 38.2 Å². The first-order chi connectivity index (χ1) is 17.3. The Morgan fingerprint density at radius 1 is 1.28 bits per heavy atom. The van der Waals surface area contributed by atoms with E-state index in [2.05, 4.69) is 34.4 Å². The second kappa shape index (κ2) is 8.23. The highest BCUT2D eigenvalue weighted by atomic mass is 19.1. The van der Waals surface area contributed by atoms with Crippen LogP contribution in [0.3, 0.4) is 0 Å². The van der Waals surface area contributed by atoms with Crippen molar-refractivity contribution in [3.63, 3.8) is 0 Å². The second-order valence-corrected chi connectivity index (χ2v) is 10.5. The normalized spacial score (nSPS) is 20.8. The molecule has 1 unspecified atom stereocenters. The van der Waals surface area contributed by atoms with Crippen molar-refractivity contribution in [2.75, 3.05) is 32.2 Å². The van der Waals surface area contributed by atoms with Gasteiger partial charge in [-0.1, -0.05) is 19.9 Å². The number of pyridine rings is 1. The third kappa shape index (κ3) is 3.61. The van der Waals surface area contributed by atoms with Crippen molar-refractivity contribution in [1.82, 2.24) is 15.3 Å². The van der Waals surface area contributed by atoms with E-state index in [0.717, 1.165) is 24.1 Å². The van der Waals surface area contributed by atoms with E-state index in [1.54, 1.807) is 24.5 Å². The van der Waals surface area contributed by atoms with Crippen LogP contribution in [0.1, 0.15) is 42.7 Å². The Labute approximate surface area is 208 Å². The maximum atomic E-state index is 14.5. The number of benzene rings is 1. The van der Waals surface area contributed by atoms with Crippen molar-refractivity contribution < 1.29 is 23.4 Å². The lowest BCUT2D eigenvalue weighted by molar-refractivity contribution is -0.180. The molecule has 2 fully saturated rings. The predicted molar refractivity (Wildman–Crippen MR) is 133 cm³/mol. The molecule has 0 bridgehead atoms. The zero-order chi connectivity index (χ0) is 25.1. The number of rotatable bonds is 7. The maximum absolute atomic E-state index is 14.5. The van der Waals surface area contributed by atoms with Crippen molar-refractivity contribution in [2.24, 2.45) is 5.41 Å². The molecule has 188 valence electrons. The lowest BCUT2D eigenvalue weighted by Gasteiger charge is -2.43. The molecule has 1 saturated heterocycles. The summed E-state index contributed by atoms with van der Waals surface area (Å²) in [6.07, 6.45) is 5.30. The molecular weight excluding hydrogens is 463 g/mol. The molecule has 3 aliphatic rings. The van der Waals surface area contributed by atoms with Gasteiger partial charge in [0.25, 0.3) is 5.91 Å². The molecule has 8 nitrogen and oxygen atoms in total. The largest absolute Gasteiger partial charge is 0.492 e. The molecule has 9 heteroatoms. The first kappa shape index (κ1) is 22.8. The molecule has 4 heterocycles. The van der Waals surface area contributed by atoms with Gasteiger partial charge < -0.3 is 29.8 Å². The topological polar surface area (TPSA) is 97.5 Å². The molecular formula is C27H29FN4O4. The molecule has 2 aliphatic heterocycles. The van der Waals surface area contributed by atoms with Crippen molar-refractivity contribution in [3.8, 4) is 22.8 Å². The molecule has 1 saturated carbocycles. The van der Waals surface area contributed by atoms with Gasteiger partial charge in [-0.3, -0.25) is 9.78 Å². The maximum Gasteiger partial charge on any atom is 0.255 e. The number of aromatic nitrogens is 2. The van der Waals surface area contributed by atoms with E-state index in [0.29, 0.717) is 48.1 Å². The smallest absolute Gasteiger partial charge is 0.255 e. The van der Waals surface area contributed by atoms with Crippen molar-refractivity contribution in [1.29, 1.82) is 0 Å². The lowest BCUT2D eigenvalue weighted by atomic mass is 9.83. The van der Waals surface area contributed by atoms with Gasteiger partial charge in [0.2, 0.25) is 0 Å². The molecule has 3 N–H and O–H groups in total. The van der Waals surface area contributed by atoms with Crippen LogP contribution in [0.2, 0.25) is 0 Å². The number of para-hydroxylation sites is 1. The van der Waals surface area contributed by atoms with E-state index < -0.39 is 5.82 Å². The number of nitrogens with zero attached hydrogens (tertiary/aromatic N) is 1. The number of anilines is 2. The number of hydrogen-bond acceptors (Lipinski definition) is 6. The Kier molecular flexibility index (Phi) is 5.22. The molecule has 1 atom stereocenters. The van der Waals surface area contributed by atoms with E-state index in [9.17, 15) is 9.18 Å². The van der Waals surface area contributed by atoms with Crippen molar-refractivity contribution >= 4 is 17.3 Å². The van der Waals surface area contributed by atoms with Crippen molar-refractivity contribution in [3.05, 3.63) is 53.7 Å². The molecule has 3 aromatic rings. The fraction of sp³-hybridized carbons (Fsp3) is 0.407. The molecule has 36 heavy (non-hydrogen) atoms. The van der Waals surface area contributed by atoms with Crippen LogP contribution in [-0.4, -0.2) is 48.8 Å². The number of methoxy groups -OCH3 is 1. The van der Waals surface area contributed by atoms with Crippen LogP contribution in [0.15, 0.2) is 36.7 Å². The van der Waals surface area contributed by atoms with E-state index in [1.165, 1.54) is 13.2 Å². The number of hydrogen-bond donors (Lipinski definition) is 3. The van der Waals surface area contributed by atoms with Gasteiger partial charge in [-0.2, -0.15) is 0 Å². The van der Waals surface area contributed by atoms with Gasteiger partial charge in [-0.25, -0.2) is 4.39 Å². The van der Waals surface area contributed by atoms with Gasteiger partial charge in [0.05, 0.1) is 48.6 Å². The van der Waals surface area contributed by atoms with E-state index in [-0.39, 0.29) is 28.6 Å². The molecule has 6 rings (SSSR count). The van der Waals surface area contributed by atoms with E-state index in [1.807, 2.05) is 6.07 Å². The quantitative estimate of drug-likeness (QED) is 0.448. The summed E-state index contributed by atoms with van der Waals surface area (Å²) < 4.78 is 31.7. The number of amides is 1. The number of carbonyl (C=O) groups is 1. The Morgan fingerprint density at radius 3 is 2.81 bits per heavy atom. The first-order valence-electron chi connectivity index (χ1n) is 12.2. The highest BCUT2D eigenvalue weighted by Crippen LogP contribution is 2.54. The summed E-state index contributed by atoms with van der Waals surface area (Å²) >= 11 is 0. The van der Waals surface area contributed by atoms with Crippen LogP contribution in [0.4, 0.5) is 15.8 Å². The fourth-order valence-electron chi connectivity index (χ4n) is 5.08. The van der Waals surface area contributed by atoms with Crippen LogP contribution >= 0.6 is 0 Å². The zero-order valence-corrected chi connectivity index (χ0v) is 20.5. The Morgan fingerprint density at radius 2 is 2.11 bits per heavy atom. The predicted octanol–water partition coefficient (Wildman–Crippen LogP) is 4.55. The number of H-pyrrole nitrogens is 1. The van der Waals surface area contributed by atoms with E-state index in [4.69, 9.17) is 14.2 Å². The number of carbonyl (C=O) groups excluding carboxylic acids is 1. The summed E-state index contributed by atoms with van der Waals surface area (Å²) in [4.78, 5) is 21.0. The van der Waals surface area contributed by atoms with Crippen LogP contribution < -0.4 is 20.1 Å². The Balaban J connectivity index is 1.46. The minimum atomic E-state index is -0.493. The van der Waals surface area contributed by atoms with Gasteiger partial charge in [0.15, 0.2) is 11.6 Å². The van der Waals surface area contributed by atoms with Gasteiger partial charge in [-0.05, 0) is 31.0 Å². The minimum absolute atomic E-state index is 0.0166. The third-order valence-electron chi connectivity index (χ3n) is 7.60. The molecule has 1 spiro atoms. The van der Waals surface area contributed by atoms with Crippen LogP contribution in [-0.2, 0) is 10.2 Å². The second-order valence-electron chi connectivity index (χ2n) is 10.5. The van der Waals surface area contributed by atoms with Crippen LogP contribution in [0.25, 0.3) is 11.3 Å². The van der Waals surface area contributed by atoms with Gasteiger partial charge in [0.1, 0.15) is 12.4 Å². The summed E-state index contributed by atoms with van der Waals surface area (Å²) in [7, 11) is 1.42. The van der Waals surface area contributed by atoms with E-state index >= 15 is 0 Å². The molecule has 1 amide bonds. The number of ether oxygens (including phenoxy) is 3. The molecule has 1 aromatic carbocycles.